The van der Waals surface area contributed by atoms with Crippen molar-refractivity contribution >= 4 is 16.9 Å². The average molecular weight is 248 g/mol. The molecular weight excluding hydrogens is 236 g/mol. The van der Waals surface area contributed by atoms with Crippen LogP contribution in [0.15, 0.2) is 30.7 Å². The molecule has 0 saturated heterocycles. The van der Waals surface area contributed by atoms with E-state index in [2.05, 4.69) is 9.97 Å². The third-order valence-corrected chi connectivity index (χ3v) is 2.89. The van der Waals surface area contributed by atoms with Gasteiger partial charge >= 0.3 is 0 Å². The third-order valence-electron chi connectivity index (χ3n) is 2.89. The number of anilines is 1. The number of nitrogens with zero attached hydrogens (tertiary/aromatic N) is 3. The summed E-state index contributed by atoms with van der Waals surface area (Å²) in [7, 11) is 0. The van der Waals surface area contributed by atoms with Crippen LogP contribution in [0, 0.1) is 0 Å². The first-order valence-corrected chi connectivity index (χ1v) is 5.42. The van der Waals surface area contributed by atoms with Crippen molar-refractivity contribution in [1.29, 1.82) is 0 Å². The maximum Gasteiger partial charge on any atom is 0.276 e. The van der Waals surface area contributed by atoms with Gasteiger partial charge in [-0.05, 0) is 12.1 Å². The molecule has 0 bridgehead atoms. The van der Waals surface area contributed by atoms with E-state index in [-0.39, 0.29) is 6.61 Å². The molecule has 0 aliphatic carbocycles. The fraction of sp³-hybridized carbons (Fsp3) is 0.273. The van der Waals surface area contributed by atoms with E-state index in [4.69, 9.17) is 15.6 Å². The molecule has 0 amide bonds. The maximum atomic E-state index is 10.4. The second-order valence-electron chi connectivity index (χ2n) is 4.04. The van der Waals surface area contributed by atoms with Crippen molar-refractivity contribution in [1.82, 2.24) is 14.5 Å². The van der Waals surface area contributed by atoms with Gasteiger partial charge in [0.05, 0.1) is 12.0 Å². The highest BCUT2D eigenvalue weighted by atomic mass is 16.7. The summed E-state index contributed by atoms with van der Waals surface area (Å²) in [6.07, 6.45) is 5.45. The molecule has 3 heterocycles. The molecule has 3 rings (SSSR count). The van der Waals surface area contributed by atoms with Crippen LogP contribution in [0.2, 0.25) is 0 Å². The molecule has 2 aromatic rings. The number of ether oxygens (including phenoxy) is 1. The van der Waals surface area contributed by atoms with Gasteiger partial charge in [-0.1, -0.05) is 6.08 Å². The number of rotatable bonds is 2. The van der Waals surface area contributed by atoms with Gasteiger partial charge in [-0.2, -0.15) is 0 Å². The zero-order valence-electron chi connectivity index (χ0n) is 9.39. The van der Waals surface area contributed by atoms with Crippen molar-refractivity contribution < 1.29 is 14.9 Å². The van der Waals surface area contributed by atoms with Crippen molar-refractivity contribution in [3.05, 3.63) is 30.7 Å². The highest BCUT2D eigenvalue weighted by Gasteiger charge is 2.36. The zero-order valence-corrected chi connectivity index (χ0v) is 9.39. The van der Waals surface area contributed by atoms with Gasteiger partial charge in [0.15, 0.2) is 0 Å². The summed E-state index contributed by atoms with van der Waals surface area (Å²) in [6, 6.07) is 1.70. The monoisotopic (exact) mass is 248 g/mol. The lowest BCUT2D eigenvalue weighted by Gasteiger charge is -2.24. The van der Waals surface area contributed by atoms with Crippen LogP contribution in [0.5, 0.6) is 0 Å². The molecule has 2 aromatic heterocycles. The van der Waals surface area contributed by atoms with Crippen LogP contribution in [-0.4, -0.2) is 37.5 Å². The molecule has 0 fully saturated rings. The van der Waals surface area contributed by atoms with E-state index in [0.29, 0.717) is 16.9 Å². The Balaban J connectivity index is 2.11. The largest absolute Gasteiger partial charge is 0.393 e. The lowest BCUT2D eigenvalue weighted by Crippen LogP contribution is -2.34. The van der Waals surface area contributed by atoms with Gasteiger partial charge in [0.1, 0.15) is 23.9 Å². The highest BCUT2D eigenvalue weighted by Crippen LogP contribution is 2.30. The van der Waals surface area contributed by atoms with Crippen molar-refractivity contribution in [2.45, 2.75) is 12.0 Å². The maximum absolute atomic E-state index is 10.4. The lowest BCUT2D eigenvalue weighted by atomic mass is 10.3. The molecule has 94 valence electrons. The van der Waals surface area contributed by atoms with Crippen LogP contribution in [-0.2, 0) is 10.6 Å². The molecule has 1 aliphatic heterocycles. The van der Waals surface area contributed by atoms with E-state index in [0.717, 1.165) is 0 Å². The van der Waals surface area contributed by atoms with Gasteiger partial charge in [0, 0.05) is 6.20 Å². The minimum atomic E-state index is -1.66. The Labute approximate surface area is 102 Å². The van der Waals surface area contributed by atoms with Crippen LogP contribution in [0.4, 0.5) is 5.82 Å². The summed E-state index contributed by atoms with van der Waals surface area (Å²) >= 11 is 0. The summed E-state index contributed by atoms with van der Waals surface area (Å²) in [5.74, 6) is -1.32. The Morgan fingerprint density at radius 3 is 3.06 bits per heavy atom. The minimum absolute atomic E-state index is 0.199. The van der Waals surface area contributed by atoms with Gasteiger partial charge in [0.25, 0.3) is 5.91 Å². The topological polar surface area (TPSA) is 106 Å². The fourth-order valence-corrected chi connectivity index (χ4v) is 2.00. The van der Waals surface area contributed by atoms with Crippen molar-refractivity contribution in [2.24, 2.45) is 0 Å². The standard InChI is InChI=1S/C11H12N4O3/c12-9-8-2-4-15(10(8)14-6-13-9)11(17)3-1-7(5-16)18-11/h1-4,6-7,16-17H,5H2,(H2,12,13,14)/t7-,11-/m0/s1. The van der Waals surface area contributed by atoms with Gasteiger partial charge in [-0.25, -0.2) is 9.97 Å². The van der Waals surface area contributed by atoms with Gasteiger partial charge in [-0.15, -0.1) is 0 Å². The Morgan fingerprint density at radius 1 is 1.50 bits per heavy atom. The van der Waals surface area contributed by atoms with E-state index < -0.39 is 12.0 Å². The van der Waals surface area contributed by atoms with E-state index >= 15 is 0 Å². The quantitative estimate of drug-likeness (QED) is 0.622. The van der Waals surface area contributed by atoms with Crippen molar-refractivity contribution in [3.63, 3.8) is 0 Å². The Bertz CT molecular complexity index is 624. The number of hydrogen-bond acceptors (Lipinski definition) is 6. The summed E-state index contributed by atoms with van der Waals surface area (Å²) < 4.78 is 6.78. The molecule has 7 heteroatoms. The van der Waals surface area contributed by atoms with Crippen LogP contribution in [0.25, 0.3) is 11.0 Å². The molecule has 0 unspecified atom stereocenters. The van der Waals surface area contributed by atoms with Gasteiger partial charge < -0.3 is 20.7 Å². The highest BCUT2D eigenvalue weighted by molar-refractivity contribution is 5.86. The van der Waals surface area contributed by atoms with E-state index in [1.54, 1.807) is 18.3 Å². The molecule has 4 N–H and O–H groups in total. The Morgan fingerprint density at radius 2 is 2.33 bits per heavy atom. The summed E-state index contributed by atoms with van der Waals surface area (Å²) in [5.41, 5.74) is 6.19. The second-order valence-corrected chi connectivity index (χ2v) is 4.04. The van der Waals surface area contributed by atoms with Crippen molar-refractivity contribution in [3.8, 4) is 0 Å². The van der Waals surface area contributed by atoms with E-state index in [1.807, 2.05) is 0 Å². The smallest absolute Gasteiger partial charge is 0.276 e. The number of aromatic nitrogens is 3. The van der Waals surface area contributed by atoms with Crippen LogP contribution >= 0.6 is 0 Å². The number of hydrogen-bond donors (Lipinski definition) is 3. The first-order valence-electron chi connectivity index (χ1n) is 5.42. The normalized spacial score (nSPS) is 27.1. The zero-order chi connectivity index (χ0) is 12.8. The number of aliphatic hydroxyl groups is 2. The number of nitrogens with two attached hydrogens (primary N) is 1. The van der Waals surface area contributed by atoms with Gasteiger partial charge in [-0.3, -0.25) is 4.57 Å². The molecule has 7 nitrogen and oxygen atoms in total. The predicted molar refractivity (Wildman–Crippen MR) is 63.2 cm³/mol. The lowest BCUT2D eigenvalue weighted by molar-refractivity contribution is -0.232. The fourth-order valence-electron chi connectivity index (χ4n) is 2.00. The molecule has 0 spiro atoms. The SMILES string of the molecule is Nc1ncnc2c1ccn2[C@]1(O)C=C[C@@H](CO)O1. The molecule has 2 atom stereocenters. The predicted octanol–water partition coefficient (Wildman–Crippen LogP) is -0.437. The Hall–Kier alpha value is -1.96. The second kappa shape index (κ2) is 3.77. The summed E-state index contributed by atoms with van der Waals surface area (Å²) in [5, 5.41) is 20.0. The van der Waals surface area contributed by atoms with Crippen molar-refractivity contribution in [2.75, 3.05) is 12.3 Å². The molecular formula is C11H12N4O3. The Kier molecular flexibility index (Phi) is 2.34. The third kappa shape index (κ3) is 1.49. The van der Waals surface area contributed by atoms with Crippen LogP contribution in [0.1, 0.15) is 0 Å². The molecule has 0 aromatic carbocycles. The summed E-state index contributed by atoms with van der Waals surface area (Å²) in [6.45, 7) is -0.199. The van der Waals surface area contributed by atoms with Crippen LogP contribution in [0.3, 0.4) is 0 Å². The van der Waals surface area contributed by atoms with E-state index in [1.165, 1.54) is 17.0 Å². The molecule has 1 aliphatic rings. The van der Waals surface area contributed by atoms with Gasteiger partial charge in [0.2, 0.25) is 0 Å². The number of nitrogen functional groups attached to an aromatic ring is 1. The average Bonchev–Trinajstić information content (AvgIpc) is 2.94. The molecule has 18 heavy (non-hydrogen) atoms. The summed E-state index contributed by atoms with van der Waals surface area (Å²) in [4.78, 5) is 7.95. The number of aliphatic hydroxyl groups excluding tert-OH is 1. The number of fused-ring (bicyclic) bond motifs is 1. The van der Waals surface area contributed by atoms with Crippen LogP contribution < -0.4 is 5.73 Å². The first kappa shape index (κ1) is 11.1. The molecule has 0 saturated carbocycles. The minimum Gasteiger partial charge on any atom is -0.393 e. The van der Waals surface area contributed by atoms with E-state index in [9.17, 15) is 5.11 Å². The molecule has 0 radical (unpaired) electrons. The first-order chi connectivity index (χ1) is 8.64.